The highest BCUT2D eigenvalue weighted by molar-refractivity contribution is 7.89. The number of nitrogens with one attached hydrogen (secondary N) is 1. The Kier molecular flexibility index (Phi) is 5.49. The summed E-state index contributed by atoms with van der Waals surface area (Å²) >= 11 is 1.12. The van der Waals surface area contributed by atoms with Gasteiger partial charge in [-0.3, -0.25) is 14.9 Å². The van der Waals surface area contributed by atoms with Crippen LogP contribution in [0.3, 0.4) is 0 Å². The van der Waals surface area contributed by atoms with Gasteiger partial charge in [0.25, 0.3) is 5.91 Å². The van der Waals surface area contributed by atoms with Gasteiger partial charge in [-0.15, -0.1) is 11.3 Å². The first-order valence-electron chi connectivity index (χ1n) is 8.26. The Hall–Kier alpha value is -2.10. The number of hydrogen-bond donors (Lipinski definition) is 1. The molecule has 1 amide bonds. The second kappa shape index (κ2) is 7.65. The Morgan fingerprint density at radius 1 is 1.15 bits per heavy atom. The smallest absolute Gasteiger partial charge is 0.258 e. The quantitative estimate of drug-likeness (QED) is 0.788. The number of carbonyl (C=O) groups is 2. The van der Waals surface area contributed by atoms with Gasteiger partial charge in [0.1, 0.15) is 5.69 Å². The molecule has 0 aliphatic carbocycles. The van der Waals surface area contributed by atoms with Crippen molar-refractivity contribution in [1.29, 1.82) is 0 Å². The van der Waals surface area contributed by atoms with Crippen LogP contribution in [-0.4, -0.2) is 42.5 Å². The molecule has 1 aromatic heterocycles. The van der Waals surface area contributed by atoms with Crippen LogP contribution in [0, 0.1) is 0 Å². The molecule has 1 aliphatic rings. The highest BCUT2D eigenvalue weighted by Crippen LogP contribution is 2.25. The van der Waals surface area contributed by atoms with Crippen LogP contribution in [0.2, 0.25) is 0 Å². The van der Waals surface area contributed by atoms with E-state index in [-0.39, 0.29) is 27.1 Å². The zero-order valence-electron chi connectivity index (χ0n) is 14.3. The van der Waals surface area contributed by atoms with Gasteiger partial charge >= 0.3 is 0 Å². The molecular weight excluding hydrogens is 374 g/mol. The molecule has 0 spiro atoms. The molecular formula is C17H19N3O4S2. The number of carbonyl (C=O) groups excluding carboxylic acids is 2. The topological polar surface area (TPSA) is 96.4 Å². The van der Waals surface area contributed by atoms with E-state index < -0.39 is 15.9 Å². The van der Waals surface area contributed by atoms with Gasteiger partial charge in [-0.05, 0) is 25.0 Å². The first kappa shape index (κ1) is 18.7. The molecule has 1 aromatic carbocycles. The number of ketones is 1. The zero-order valence-corrected chi connectivity index (χ0v) is 15.9. The van der Waals surface area contributed by atoms with E-state index in [4.69, 9.17) is 0 Å². The Morgan fingerprint density at radius 2 is 1.85 bits per heavy atom. The SMILES string of the molecule is CC(=O)c1csc(NC(=O)c2ccccc2S(=O)(=O)N2CCCCC2)n1. The fourth-order valence-electron chi connectivity index (χ4n) is 2.78. The number of hydrogen-bond acceptors (Lipinski definition) is 6. The van der Waals surface area contributed by atoms with E-state index >= 15 is 0 Å². The number of piperidine rings is 1. The summed E-state index contributed by atoms with van der Waals surface area (Å²) in [6, 6.07) is 6.14. The average Bonchev–Trinajstić information content (AvgIpc) is 3.11. The van der Waals surface area contributed by atoms with Crippen molar-refractivity contribution in [2.75, 3.05) is 18.4 Å². The molecule has 1 aliphatic heterocycles. The van der Waals surface area contributed by atoms with Gasteiger partial charge in [0, 0.05) is 25.4 Å². The van der Waals surface area contributed by atoms with Crippen molar-refractivity contribution in [2.24, 2.45) is 0 Å². The maximum absolute atomic E-state index is 12.9. The van der Waals surface area contributed by atoms with Crippen LogP contribution in [0.4, 0.5) is 5.13 Å². The first-order chi connectivity index (χ1) is 12.4. The van der Waals surface area contributed by atoms with E-state index in [0.717, 1.165) is 30.6 Å². The number of sulfonamides is 1. The number of aromatic nitrogens is 1. The van der Waals surface area contributed by atoms with Gasteiger partial charge < -0.3 is 0 Å². The summed E-state index contributed by atoms with van der Waals surface area (Å²) in [6.45, 7) is 2.32. The van der Waals surface area contributed by atoms with E-state index in [0.29, 0.717) is 13.1 Å². The van der Waals surface area contributed by atoms with Gasteiger partial charge in [0.2, 0.25) is 10.0 Å². The molecule has 0 bridgehead atoms. The number of thiazole rings is 1. The number of rotatable bonds is 5. The molecule has 1 N–H and O–H groups in total. The van der Waals surface area contributed by atoms with Gasteiger partial charge in [0.15, 0.2) is 10.9 Å². The van der Waals surface area contributed by atoms with Crippen LogP contribution in [0.5, 0.6) is 0 Å². The molecule has 9 heteroatoms. The molecule has 138 valence electrons. The lowest BCUT2D eigenvalue weighted by Gasteiger charge is -2.26. The standard InChI is InChI=1S/C17H19N3O4S2/c1-12(21)14-11-25-17(18-14)19-16(22)13-7-3-4-8-15(13)26(23,24)20-9-5-2-6-10-20/h3-4,7-8,11H,2,5-6,9-10H2,1H3,(H,18,19,22). The molecule has 26 heavy (non-hydrogen) atoms. The van der Waals surface area contributed by atoms with Crippen molar-refractivity contribution in [3.8, 4) is 0 Å². The number of nitrogens with zero attached hydrogens (tertiary/aromatic N) is 2. The minimum absolute atomic E-state index is 0.0113. The third-order valence-electron chi connectivity index (χ3n) is 4.15. The van der Waals surface area contributed by atoms with Crippen LogP contribution in [0.25, 0.3) is 0 Å². The molecule has 2 aromatic rings. The number of anilines is 1. The zero-order chi connectivity index (χ0) is 18.7. The van der Waals surface area contributed by atoms with E-state index in [2.05, 4.69) is 10.3 Å². The Morgan fingerprint density at radius 3 is 2.50 bits per heavy atom. The second-order valence-electron chi connectivity index (χ2n) is 6.01. The predicted octanol–water partition coefficient (Wildman–Crippen LogP) is 2.77. The van der Waals surface area contributed by atoms with Crippen LogP contribution in [-0.2, 0) is 10.0 Å². The van der Waals surface area contributed by atoms with Gasteiger partial charge in [-0.2, -0.15) is 4.31 Å². The normalized spacial score (nSPS) is 15.6. The monoisotopic (exact) mass is 393 g/mol. The highest BCUT2D eigenvalue weighted by Gasteiger charge is 2.30. The van der Waals surface area contributed by atoms with Crippen molar-refractivity contribution < 1.29 is 18.0 Å². The lowest BCUT2D eigenvalue weighted by atomic mass is 10.2. The first-order valence-corrected chi connectivity index (χ1v) is 10.6. The largest absolute Gasteiger partial charge is 0.298 e. The summed E-state index contributed by atoms with van der Waals surface area (Å²) in [5.41, 5.74) is 0.331. The van der Waals surface area contributed by atoms with E-state index in [9.17, 15) is 18.0 Å². The van der Waals surface area contributed by atoms with Crippen LogP contribution < -0.4 is 5.32 Å². The summed E-state index contributed by atoms with van der Waals surface area (Å²) in [5, 5.41) is 4.39. The fraction of sp³-hybridized carbons (Fsp3) is 0.353. The molecule has 0 radical (unpaired) electrons. The third-order valence-corrected chi connectivity index (χ3v) is 6.86. The number of amides is 1. The Balaban J connectivity index is 1.88. The third kappa shape index (κ3) is 3.84. The number of Topliss-reactive ketones (excluding diaryl/α,β-unsaturated/α-hetero) is 1. The molecule has 2 heterocycles. The molecule has 7 nitrogen and oxygen atoms in total. The maximum Gasteiger partial charge on any atom is 0.258 e. The summed E-state index contributed by atoms with van der Waals surface area (Å²) in [4.78, 5) is 28.0. The fourth-order valence-corrected chi connectivity index (χ4v) is 5.23. The summed E-state index contributed by atoms with van der Waals surface area (Å²) < 4.78 is 27.3. The summed E-state index contributed by atoms with van der Waals surface area (Å²) in [6.07, 6.45) is 2.65. The molecule has 1 saturated heterocycles. The van der Waals surface area contributed by atoms with Crippen LogP contribution in [0.1, 0.15) is 47.0 Å². The maximum atomic E-state index is 12.9. The Labute approximate surface area is 156 Å². The summed E-state index contributed by atoms with van der Waals surface area (Å²) in [7, 11) is -3.74. The second-order valence-corrected chi connectivity index (χ2v) is 8.77. The van der Waals surface area contributed by atoms with Crippen LogP contribution in [0.15, 0.2) is 34.5 Å². The highest BCUT2D eigenvalue weighted by atomic mass is 32.2. The molecule has 0 unspecified atom stereocenters. The van der Waals surface area contributed by atoms with Crippen LogP contribution >= 0.6 is 11.3 Å². The molecule has 0 saturated carbocycles. The average molecular weight is 393 g/mol. The van der Waals surface area contributed by atoms with E-state index in [1.165, 1.54) is 23.4 Å². The molecule has 3 rings (SSSR count). The number of benzene rings is 1. The molecule has 1 fully saturated rings. The molecule has 0 atom stereocenters. The van der Waals surface area contributed by atoms with Crippen molar-refractivity contribution in [1.82, 2.24) is 9.29 Å². The van der Waals surface area contributed by atoms with Crippen molar-refractivity contribution in [3.05, 3.63) is 40.9 Å². The van der Waals surface area contributed by atoms with Gasteiger partial charge in [0.05, 0.1) is 10.5 Å². The van der Waals surface area contributed by atoms with E-state index in [1.54, 1.807) is 17.5 Å². The summed E-state index contributed by atoms with van der Waals surface area (Å²) in [5.74, 6) is -0.763. The predicted molar refractivity (Wildman–Crippen MR) is 99.1 cm³/mol. The lowest BCUT2D eigenvalue weighted by Crippen LogP contribution is -2.36. The van der Waals surface area contributed by atoms with Crippen molar-refractivity contribution >= 4 is 38.2 Å². The lowest BCUT2D eigenvalue weighted by molar-refractivity contribution is 0.100. The van der Waals surface area contributed by atoms with Crippen molar-refractivity contribution in [3.63, 3.8) is 0 Å². The van der Waals surface area contributed by atoms with Gasteiger partial charge in [-0.1, -0.05) is 18.6 Å². The minimum atomic E-state index is -3.74. The van der Waals surface area contributed by atoms with Gasteiger partial charge in [-0.25, -0.2) is 13.4 Å². The minimum Gasteiger partial charge on any atom is -0.298 e. The Bertz CT molecular complexity index is 931. The van der Waals surface area contributed by atoms with Crippen molar-refractivity contribution in [2.45, 2.75) is 31.1 Å². The van der Waals surface area contributed by atoms with E-state index in [1.807, 2.05) is 0 Å².